The molecular weight excluding hydrogens is 417 g/mol. The molecule has 0 saturated heterocycles. The first kappa shape index (κ1) is 22.8. The second-order valence-electron chi connectivity index (χ2n) is 8.91. The van der Waals surface area contributed by atoms with Gasteiger partial charge in [-0.2, -0.15) is 13.2 Å². The van der Waals surface area contributed by atoms with Crippen molar-refractivity contribution in [2.24, 2.45) is 0 Å². The molecule has 1 saturated carbocycles. The third-order valence-corrected chi connectivity index (χ3v) is 6.68. The Balaban J connectivity index is 1.59. The molecule has 1 aliphatic heterocycles. The minimum absolute atomic E-state index is 0.0187. The lowest BCUT2D eigenvalue weighted by atomic mass is 9.85. The second kappa shape index (κ2) is 9.24. The third-order valence-electron chi connectivity index (χ3n) is 6.68. The van der Waals surface area contributed by atoms with E-state index in [0.717, 1.165) is 36.5 Å². The molecule has 1 unspecified atom stereocenters. The number of amides is 1. The molecule has 1 atom stereocenters. The van der Waals surface area contributed by atoms with Crippen LogP contribution in [0.1, 0.15) is 60.4 Å². The van der Waals surface area contributed by atoms with Gasteiger partial charge in [0.2, 0.25) is 5.91 Å². The summed E-state index contributed by atoms with van der Waals surface area (Å²) in [7, 11) is 0. The minimum Gasteiger partial charge on any atom is -0.389 e. The Bertz CT molecular complexity index is 954. The van der Waals surface area contributed by atoms with Gasteiger partial charge in [0.05, 0.1) is 23.8 Å². The number of hydrogen-bond acceptors (Lipinski definition) is 3. The van der Waals surface area contributed by atoms with E-state index in [2.05, 4.69) is 5.32 Å². The molecule has 0 spiro atoms. The number of carbonyl (C=O) groups is 1. The van der Waals surface area contributed by atoms with Crippen LogP contribution in [0.2, 0.25) is 0 Å². The summed E-state index contributed by atoms with van der Waals surface area (Å²) in [5.74, 6) is -0.263. The highest BCUT2D eigenvalue weighted by molar-refractivity contribution is 5.80. The Labute approximate surface area is 186 Å². The van der Waals surface area contributed by atoms with Crippen molar-refractivity contribution in [2.45, 2.75) is 56.3 Å². The Hall–Kier alpha value is -2.38. The lowest BCUT2D eigenvalue weighted by Gasteiger charge is -2.39. The summed E-state index contributed by atoms with van der Waals surface area (Å²) in [4.78, 5) is 14.7. The largest absolute Gasteiger partial charge is 0.416 e. The van der Waals surface area contributed by atoms with Crippen molar-refractivity contribution < 1.29 is 23.1 Å². The molecule has 172 valence electrons. The number of alkyl halides is 3. The first-order valence-electron chi connectivity index (χ1n) is 11.2. The number of hydrogen-bond donors (Lipinski definition) is 2. The summed E-state index contributed by atoms with van der Waals surface area (Å²) in [5, 5.41) is 13.7. The van der Waals surface area contributed by atoms with E-state index < -0.39 is 23.4 Å². The van der Waals surface area contributed by atoms with E-state index in [0.29, 0.717) is 32.4 Å². The maximum absolute atomic E-state index is 13.8. The zero-order chi connectivity index (χ0) is 22.8. The molecule has 0 bridgehead atoms. The maximum atomic E-state index is 13.8. The predicted octanol–water partition coefficient (Wildman–Crippen LogP) is 4.46. The Morgan fingerprint density at radius 3 is 2.41 bits per heavy atom. The van der Waals surface area contributed by atoms with Crippen LogP contribution in [0, 0.1) is 0 Å². The molecule has 0 aromatic heterocycles. The van der Waals surface area contributed by atoms with E-state index in [-0.39, 0.29) is 18.0 Å². The molecule has 2 aromatic rings. The van der Waals surface area contributed by atoms with E-state index in [1.165, 1.54) is 12.1 Å². The zero-order valence-electron chi connectivity index (χ0n) is 18.0. The molecule has 1 fully saturated rings. The highest BCUT2D eigenvalue weighted by Gasteiger charge is 2.40. The quantitative estimate of drug-likeness (QED) is 0.713. The first-order chi connectivity index (χ1) is 15.3. The van der Waals surface area contributed by atoms with Crippen LogP contribution in [0.4, 0.5) is 13.2 Å². The van der Waals surface area contributed by atoms with Crippen LogP contribution < -0.4 is 5.32 Å². The maximum Gasteiger partial charge on any atom is 0.416 e. The van der Waals surface area contributed by atoms with Gasteiger partial charge >= 0.3 is 6.18 Å². The van der Waals surface area contributed by atoms with Crippen LogP contribution in [0.3, 0.4) is 0 Å². The third kappa shape index (κ3) is 4.84. The molecule has 1 aliphatic carbocycles. The molecule has 2 aliphatic rings. The fourth-order valence-corrected chi connectivity index (χ4v) is 5.05. The number of carbonyl (C=O) groups excluding carboxylic acids is 1. The number of nitrogens with one attached hydrogen (secondary N) is 1. The molecule has 0 radical (unpaired) electrons. The van der Waals surface area contributed by atoms with Gasteiger partial charge in [-0.05, 0) is 42.0 Å². The zero-order valence-corrected chi connectivity index (χ0v) is 18.0. The molecule has 32 heavy (non-hydrogen) atoms. The van der Waals surface area contributed by atoms with Gasteiger partial charge in [0.15, 0.2) is 0 Å². The van der Waals surface area contributed by atoms with E-state index >= 15 is 0 Å². The minimum atomic E-state index is -4.51. The van der Waals surface area contributed by atoms with E-state index in [1.807, 2.05) is 18.2 Å². The van der Waals surface area contributed by atoms with Crippen LogP contribution in [0.5, 0.6) is 0 Å². The van der Waals surface area contributed by atoms with Crippen molar-refractivity contribution in [1.29, 1.82) is 0 Å². The predicted molar refractivity (Wildman–Crippen MR) is 116 cm³/mol. The molecule has 2 N–H and O–H groups in total. The SMILES string of the molecule is O=C(CNCC1(O)CCCCC1)N1CCc2ccccc2C1c1ccccc1C(F)(F)F. The lowest BCUT2D eigenvalue weighted by Crippen LogP contribution is -2.48. The number of benzene rings is 2. The average molecular weight is 447 g/mol. The molecule has 7 heteroatoms. The van der Waals surface area contributed by atoms with Crippen molar-refractivity contribution in [1.82, 2.24) is 10.2 Å². The van der Waals surface area contributed by atoms with Crippen LogP contribution in [-0.2, 0) is 17.4 Å². The van der Waals surface area contributed by atoms with Crippen LogP contribution >= 0.6 is 0 Å². The number of fused-ring (bicyclic) bond motifs is 1. The average Bonchev–Trinajstić information content (AvgIpc) is 2.78. The van der Waals surface area contributed by atoms with Gasteiger partial charge in [0.25, 0.3) is 0 Å². The van der Waals surface area contributed by atoms with Crippen LogP contribution in [-0.4, -0.2) is 41.1 Å². The second-order valence-corrected chi connectivity index (χ2v) is 8.91. The van der Waals surface area contributed by atoms with Crippen LogP contribution in [0.25, 0.3) is 0 Å². The molecule has 4 nitrogen and oxygen atoms in total. The fourth-order valence-electron chi connectivity index (χ4n) is 5.05. The van der Waals surface area contributed by atoms with Gasteiger partial charge in [-0.3, -0.25) is 4.79 Å². The summed E-state index contributed by atoms with van der Waals surface area (Å²) in [6.07, 6.45) is 0.516. The summed E-state index contributed by atoms with van der Waals surface area (Å²) in [5.41, 5.74) is 0.253. The number of nitrogens with zero attached hydrogens (tertiary/aromatic N) is 1. The van der Waals surface area contributed by atoms with E-state index in [1.54, 1.807) is 17.0 Å². The van der Waals surface area contributed by atoms with Crippen molar-refractivity contribution in [3.05, 3.63) is 70.8 Å². The van der Waals surface area contributed by atoms with Gasteiger partial charge in [0, 0.05) is 13.1 Å². The van der Waals surface area contributed by atoms with Gasteiger partial charge in [-0.15, -0.1) is 0 Å². The first-order valence-corrected chi connectivity index (χ1v) is 11.2. The Morgan fingerprint density at radius 2 is 1.69 bits per heavy atom. The Kier molecular flexibility index (Phi) is 6.58. The van der Waals surface area contributed by atoms with Crippen molar-refractivity contribution in [3.8, 4) is 0 Å². The summed E-state index contributed by atoms with van der Waals surface area (Å²) < 4.78 is 41.4. The van der Waals surface area contributed by atoms with Gasteiger partial charge in [-0.1, -0.05) is 61.7 Å². The monoisotopic (exact) mass is 446 g/mol. The highest BCUT2D eigenvalue weighted by Crippen LogP contribution is 2.41. The number of halogens is 3. The molecule has 4 rings (SSSR count). The van der Waals surface area contributed by atoms with Gasteiger partial charge in [-0.25, -0.2) is 0 Å². The summed E-state index contributed by atoms with van der Waals surface area (Å²) >= 11 is 0. The summed E-state index contributed by atoms with van der Waals surface area (Å²) in [6, 6.07) is 12.1. The Morgan fingerprint density at radius 1 is 1.03 bits per heavy atom. The normalized spacial score (nSPS) is 20.6. The topological polar surface area (TPSA) is 52.6 Å². The molecular formula is C25H29F3N2O2. The van der Waals surface area contributed by atoms with Crippen molar-refractivity contribution in [2.75, 3.05) is 19.6 Å². The molecule has 1 heterocycles. The van der Waals surface area contributed by atoms with Crippen molar-refractivity contribution in [3.63, 3.8) is 0 Å². The van der Waals surface area contributed by atoms with E-state index in [9.17, 15) is 23.1 Å². The van der Waals surface area contributed by atoms with Crippen LogP contribution in [0.15, 0.2) is 48.5 Å². The lowest BCUT2D eigenvalue weighted by molar-refractivity contribution is -0.140. The highest BCUT2D eigenvalue weighted by atomic mass is 19.4. The standard InChI is InChI=1S/C25H29F3N2O2/c26-25(27,28)21-11-5-4-10-20(21)23-19-9-3-2-8-18(19)12-15-30(23)22(31)16-29-17-24(32)13-6-1-7-14-24/h2-5,8-11,23,29,32H,1,6-7,12-17H2. The number of aliphatic hydroxyl groups is 1. The van der Waals surface area contributed by atoms with E-state index in [4.69, 9.17) is 0 Å². The molecule has 1 amide bonds. The smallest absolute Gasteiger partial charge is 0.389 e. The van der Waals surface area contributed by atoms with Gasteiger partial charge in [0.1, 0.15) is 0 Å². The molecule has 2 aromatic carbocycles. The fraction of sp³-hybridized carbons (Fsp3) is 0.480. The summed E-state index contributed by atoms with van der Waals surface area (Å²) in [6.45, 7) is 0.640. The van der Waals surface area contributed by atoms with Gasteiger partial charge < -0.3 is 15.3 Å². The van der Waals surface area contributed by atoms with Crippen molar-refractivity contribution >= 4 is 5.91 Å². The number of rotatable bonds is 5.